The van der Waals surface area contributed by atoms with Gasteiger partial charge in [-0.2, -0.15) is 0 Å². The predicted molar refractivity (Wildman–Crippen MR) is 72.3 cm³/mol. The number of tetrazole rings is 1. The molecule has 0 aliphatic rings. The normalized spacial score (nSPS) is 11.3. The first-order chi connectivity index (χ1) is 9.03. The molecule has 0 aliphatic heterocycles. The Morgan fingerprint density at radius 3 is 2.89 bits per heavy atom. The maximum absolute atomic E-state index is 12.0. The van der Waals surface area contributed by atoms with E-state index in [-0.39, 0.29) is 11.8 Å². The summed E-state index contributed by atoms with van der Waals surface area (Å²) in [6.07, 6.45) is 1.49. The van der Waals surface area contributed by atoms with Crippen LogP contribution in [0.25, 0.3) is 5.69 Å². The summed E-state index contributed by atoms with van der Waals surface area (Å²) in [5.41, 5.74) is 0.828. The number of nitrogens with zero attached hydrogens (tertiary/aromatic N) is 4. The van der Waals surface area contributed by atoms with E-state index in [1.807, 2.05) is 12.1 Å². The minimum atomic E-state index is -0.619. The summed E-state index contributed by atoms with van der Waals surface area (Å²) in [6, 6.07) is 7.26. The van der Waals surface area contributed by atoms with Crippen molar-refractivity contribution in [1.82, 2.24) is 20.2 Å². The maximum Gasteiger partial charge on any atom is 0.231 e. The van der Waals surface area contributed by atoms with E-state index in [0.29, 0.717) is 5.69 Å². The van der Waals surface area contributed by atoms with Crippen molar-refractivity contribution in [2.75, 3.05) is 11.2 Å². The zero-order valence-corrected chi connectivity index (χ0v) is 11.4. The molecule has 0 aliphatic carbocycles. The van der Waals surface area contributed by atoms with Gasteiger partial charge >= 0.3 is 0 Å². The van der Waals surface area contributed by atoms with Crippen molar-refractivity contribution in [3.05, 3.63) is 30.6 Å². The summed E-state index contributed by atoms with van der Waals surface area (Å²) in [6.45, 7) is 3.58. The molecular weight excluding hydrogens is 266 g/mol. The first kappa shape index (κ1) is 13.5. The molecule has 100 valence electrons. The first-order valence-electron chi connectivity index (χ1n) is 5.74. The fourth-order valence-corrected chi connectivity index (χ4v) is 1.49. The lowest BCUT2D eigenvalue weighted by Gasteiger charge is -2.20. The molecule has 2 aromatic rings. The molecule has 1 heterocycles. The van der Waals surface area contributed by atoms with Crippen LogP contribution < -0.4 is 5.32 Å². The van der Waals surface area contributed by atoms with E-state index in [1.54, 1.807) is 26.0 Å². The van der Waals surface area contributed by atoms with E-state index < -0.39 is 5.41 Å². The Kier molecular flexibility index (Phi) is 3.80. The second-order valence-corrected chi connectivity index (χ2v) is 5.04. The molecule has 0 atom stereocenters. The standard InChI is InChI=1S/C12H14ClN5O/c1-12(2,7-13)11(19)15-9-4-3-5-10(6-9)18-8-14-16-17-18/h3-6,8H,7H2,1-2H3,(H,15,19). The highest BCUT2D eigenvalue weighted by molar-refractivity contribution is 6.20. The molecular formula is C12H14ClN5O. The molecule has 1 amide bonds. The van der Waals surface area contributed by atoms with Crippen molar-refractivity contribution in [1.29, 1.82) is 0 Å². The number of carbonyl (C=O) groups excluding carboxylic acids is 1. The zero-order valence-electron chi connectivity index (χ0n) is 10.7. The molecule has 0 saturated heterocycles. The number of amides is 1. The van der Waals surface area contributed by atoms with Crippen LogP contribution in [0.2, 0.25) is 0 Å². The summed E-state index contributed by atoms with van der Waals surface area (Å²) in [5, 5.41) is 13.8. The Morgan fingerprint density at radius 1 is 1.47 bits per heavy atom. The molecule has 6 nitrogen and oxygen atoms in total. The molecule has 0 saturated carbocycles. The Bertz CT molecular complexity index is 567. The lowest BCUT2D eigenvalue weighted by molar-refractivity contribution is -0.122. The molecule has 0 radical (unpaired) electrons. The summed E-state index contributed by atoms with van der Waals surface area (Å²) in [7, 11) is 0. The summed E-state index contributed by atoms with van der Waals surface area (Å²) < 4.78 is 1.52. The van der Waals surface area contributed by atoms with Crippen molar-refractivity contribution in [2.24, 2.45) is 5.41 Å². The van der Waals surface area contributed by atoms with Gasteiger partial charge in [-0.25, -0.2) is 4.68 Å². The van der Waals surface area contributed by atoms with E-state index in [4.69, 9.17) is 11.6 Å². The summed E-state index contributed by atoms with van der Waals surface area (Å²) >= 11 is 5.78. The number of halogens is 1. The van der Waals surface area contributed by atoms with Crippen LogP contribution in [-0.2, 0) is 4.79 Å². The highest BCUT2D eigenvalue weighted by atomic mass is 35.5. The van der Waals surface area contributed by atoms with Crippen molar-refractivity contribution in [2.45, 2.75) is 13.8 Å². The van der Waals surface area contributed by atoms with E-state index in [0.717, 1.165) is 5.69 Å². The molecule has 7 heteroatoms. The van der Waals surface area contributed by atoms with Gasteiger partial charge in [0.2, 0.25) is 5.91 Å². The second kappa shape index (κ2) is 5.36. The Labute approximate surface area is 115 Å². The third-order valence-electron chi connectivity index (χ3n) is 2.67. The third-order valence-corrected chi connectivity index (χ3v) is 3.33. The van der Waals surface area contributed by atoms with Crippen LogP contribution >= 0.6 is 11.6 Å². The van der Waals surface area contributed by atoms with E-state index in [2.05, 4.69) is 20.8 Å². The van der Waals surface area contributed by atoms with E-state index >= 15 is 0 Å². The fourth-order valence-electron chi connectivity index (χ4n) is 1.37. The second-order valence-electron chi connectivity index (χ2n) is 4.78. The quantitative estimate of drug-likeness (QED) is 0.867. The highest BCUT2D eigenvalue weighted by Crippen LogP contribution is 2.21. The van der Waals surface area contributed by atoms with Crippen LogP contribution in [0.15, 0.2) is 30.6 Å². The van der Waals surface area contributed by atoms with Gasteiger partial charge in [0.1, 0.15) is 6.33 Å². The monoisotopic (exact) mass is 279 g/mol. The van der Waals surface area contributed by atoms with Gasteiger partial charge < -0.3 is 5.32 Å². The molecule has 0 unspecified atom stereocenters. The van der Waals surface area contributed by atoms with Gasteiger partial charge in [-0.05, 0) is 42.5 Å². The van der Waals surface area contributed by atoms with Gasteiger partial charge in [0.05, 0.1) is 11.1 Å². The fraction of sp³-hybridized carbons (Fsp3) is 0.333. The molecule has 0 fully saturated rings. The van der Waals surface area contributed by atoms with Gasteiger partial charge in [0.25, 0.3) is 0 Å². The summed E-state index contributed by atoms with van der Waals surface area (Å²) in [4.78, 5) is 12.0. The number of hydrogen-bond acceptors (Lipinski definition) is 4. The van der Waals surface area contributed by atoms with Crippen LogP contribution in [0.1, 0.15) is 13.8 Å². The van der Waals surface area contributed by atoms with Crippen molar-refractivity contribution >= 4 is 23.2 Å². The van der Waals surface area contributed by atoms with Gasteiger partial charge in [0, 0.05) is 11.6 Å². The Morgan fingerprint density at radius 2 is 2.26 bits per heavy atom. The largest absolute Gasteiger partial charge is 0.326 e. The van der Waals surface area contributed by atoms with E-state index in [1.165, 1.54) is 11.0 Å². The van der Waals surface area contributed by atoms with Gasteiger partial charge in [-0.1, -0.05) is 6.07 Å². The SMILES string of the molecule is CC(C)(CCl)C(=O)Nc1cccc(-n2cnnn2)c1. The van der Waals surface area contributed by atoms with Crippen LogP contribution in [-0.4, -0.2) is 32.0 Å². The topological polar surface area (TPSA) is 72.7 Å². The average molecular weight is 280 g/mol. The molecule has 1 N–H and O–H groups in total. The lowest BCUT2D eigenvalue weighted by Crippen LogP contribution is -2.32. The number of benzene rings is 1. The van der Waals surface area contributed by atoms with Crippen LogP contribution in [0.4, 0.5) is 5.69 Å². The molecule has 0 spiro atoms. The zero-order chi connectivity index (χ0) is 13.9. The van der Waals surface area contributed by atoms with Crippen molar-refractivity contribution in [3.8, 4) is 5.69 Å². The first-order valence-corrected chi connectivity index (χ1v) is 6.27. The minimum Gasteiger partial charge on any atom is -0.326 e. The molecule has 2 rings (SSSR count). The number of aromatic nitrogens is 4. The van der Waals surface area contributed by atoms with Gasteiger partial charge in [-0.15, -0.1) is 16.7 Å². The number of nitrogens with one attached hydrogen (secondary N) is 1. The van der Waals surface area contributed by atoms with Gasteiger partial charge in [-0.3, -0.25) is 4.79 Å². The third kappa shape index (κ3) is 3.08. The lowest BCUT2D eigenvalue weighted by atomic mass is 9.95. The maximum atomic E-state index is 12.0. The van der Waals surface area contributed by atoms with Crippen molar-refractivity contribution < 1.29 is 4.79 Å². The van der Waals surface area contributed by atoms with E-state index in [9.17, 15) is 4.79 Å². The predicted octanol–water partition coefficient (Wildman–Crippen LogP) is 1.87. The average Bonchev–Trinajstić information content (AvgIpc) is 2.93. The number of hydrogen-bond donors (Lipinski definition) is 1. The number of rotatable bonds is 4. The van der Waals surface area contributed by atoms with Crippen LogP contribution in [0, 0.1) is 5.41 Å². The highest BCUT2D eigenvalue weighted by Gasteiger charge is 2.26. The molecule has 1 aromatic carbocycles. The molecule has 0 bridgehead atoms. The minimum absolute atomic E-state index is 0.128. The number of carbonyl (C=O) groups is 1. The number of anilines is 1. The number of alkyl halides is 1. The van der Waals surface area contributed by atoms with Crippen LogP contribution in [0.5, 0.6) is 0 Å². The van der Waals surface area contributed by atoms with Gasteiger partial charge in [0.15, 0.2) is 0 Å². The molecule has 1 aromatic heterocycles. The van der Waals surface area contributed by atoms with Crippen LogP contribution in [0.3, 0.4) is 0 Å². The summed E-state index contributed by atoms with van der Waals surface area (Å²) in [5.74, 6) is 0.127. The molecule has 19 heavy (non-hydrogen) atoms. The smallest absolute Gasteiger partial charge is 0.231 e. The Hall–Kier alpha value is -1.95. The van der Waals surface area contributed by atoms with Crippen molar-refractivity contribution in [3.63, 3.8) is 0 Å². The Balaban J connectivity index is 2.19.